The average molecular weight is 438 g/mol. The third kappa shape index (κ3) is 3.53. The molecule has 2 heterocycles. The van der Waals surface area contributed by atoms with Gasteiger partial charge in [0.05, 0.1) is 28.7 Å². The number of amides is 2. The first-order valence-electron chi connectivity index (χ1n) is 8.88. The number of hydrogen-bond acceptors (Lipinski definition) is 8. The lowest BCUT2D eigenvalue weighted by Gasteiger charge is -2.12. The van der Waals surface area contributed by atoms with Gasteiger partial charge in [0.15, 0.2) is 5.03 Å². The zero-order valence-electron chi connectivity index (χ0n) is 16.0. The Labute approximate surface area is 176 Å². The van der Waals surface area contributed by atoms with E-state index < -0.39 is 27.6 Å². The lowest BCUT2D eigenvalue weighted by molar-refractivity contribution is -0.0584. The topological polar surface area (TPSA) is 120 Å². The highest BCUT2D eigenvalue weighted by atomic mass is 32.2. The molecule has 0 atom stereocenters. The highest BCUT2D eigenvalue weighted by Gasteiger charge is 2.38. The number of imide groups is 1. The minimum absolute atomic E-state index is 0.00199. The normalized spacial score (nSPS) is 13.1. The number of benzene rings is 2. The van der Waals surface area contributed by atoms with Crippen molar-refractivity contribution in [2.45, 2.75) is 9.92 Å². The number of ether oxygens (including phenoxy) is 1. The van der Waals surface area contributed by atoms with Crippen molar-refractivity contribution in [3.63, 3.8) is 0 Å². The van der Waals surface area contributed by atoms with Gasteiger partial charge < -0.3 is 9.57 Å². The molecule has 0 N–H and O–H groups in total. The van der Waals surface area contributed by atoms with Crippen LogP contribution >= 0.6 is 0 Å². The van der Waals surface area contributed by atoms with E-state index in [4.69, 9.17) is 9.57 Å². The highest BCUT2D eigenvalue weighted by molar-refractivity contribution is 7.91. The minimum Gasteiger partial charge on any atom is -0.497 e. The standard InChI is InChI=1S/C21H14N2O7S/c1-29-14-7-9-15(10-8-14)31(27,28)18-11-6-13(12-22-18)21(26)30-23-19(24)16-4-2-3-5-17(16)20(23)25/h2-12H,1H3. The maximum absolute atomic E-state index is 12.7. The number of methoxy groups -OCH3 is 1. The van der Waals surface area contributed by atoms with E-state index in [1.807, 2.05) is 0 Å². The van der Waals surface area contributed by atoms with Crippen LogP contribution in [-0.4, -0.2) is 43.4 Å². The molecule has 9 nitrogen and oxygen atoms in total. The third-order valence-electron chi connectivity index (χ3n) is 4.55. The molecular formula is C21H14N2O7S. The van der Waals surface area contributed by atoms with Gasteiger partial charge in [-0.05, 0) is 48.5 Å². The summed E-state index contributed by atoms with van der Waals surface area (Å²) in [6.45, 7) is 0. The van der Waals surface area contributed by atoms with Crippen LogP contribution in [0.4, 0.5) is 0 Å². The largest absolute Gasteiger partial charge is 0.497 e. The van der Waals surface area contributed by atoms with Crippen molar-refractivity contribution >= 4 is 27.6 Å². The quantitative estimate of drug-likeness (QED) is 0.557. The second kappa shape index (κ2) is 7.65. The second-order valence-corrected chi connectivity index (χ2v) is 8.29. The van der Waals surface area contributed by atoms with E-state index in [0.29, 0.717) is 10.8 Å². The van der Waals surface area contributed by atoms with E-state index in [2.05, 4.69) is 4.98 Å². The SMILES string of the molecule is COc1ccc(S(=O)(=O)c2ccc(C(=O)ON3C(=O)c4ccccc4C3=O)cn2)cc1. The lowest BCUT2D eigenvalue weighted by atomic mass is 10.1. The van der Waals surface area contributed by atoms with Crippen molar-refractivity contribution in [3.8, 4) is 5.75 Å². The highest BCUT2D eigenvalue weighted by Crippen LogP contribution is 2.24. The maximum Gasteiger partial charge on any atom is 0.365 e. The van der Waals surface area contributed by atoms with E-state index in [9.17, 15) is 22.8 Å². The summed E-state index contributed by atoms with van der Waals surface area (Å²) in [5.74, 6) is -2.06. The van der Waals surface area contributed by atoms with Crippen molar-refractivity contribution in [1.82, 2.24) is 10.0 Å². The Hall–Kier alpha value is -4.05. The Morgan fingerprint density at radius 2 is 1.52 bits per heavy atom. The van der Waals surface area contributed by atoms with Gasteiger partial charge in [0, 0.05) is 6.20 Å². The first-order chi connectivity index (χ1) is 14.8. The van der Waals surface area contributed by atoms with E-state index in [0.717, 1.165) is 12.3 Å². The van der Waals surface area contributed by atoms with E-state index in [-0.39, 0.29) is 26.6 Å². The molecule has 0 bridgehead atoms. The molecule has 3 aromatic rings. The zero-order valence-corrected chi connectivity index (χ0v) is 16.8. The molecule has 10 heteroatoms. The van der Waals surface area contributed by atoms with Crippen molar-refractivity contribution in [2.24, 2.45) is 0 Å². The van der Waals surface area contributed by atoms with Gasteiger partial charge in [-0.15, -0.1) is 0 Å². The molecule has 1 aliphatic heterocycles. The van der Waals surface area contributed by atoms with Gasteiger partial charge in [0.2, 0.25) is 9.84 Å². The molecule has 0 spiro atoms. The number of rotatable bonds is 5. The smallest absolute Gasteiger partial charge is 0.365 e. The summed E-state index contributed by atoms with van der Waals surface area (Å²) in [5.41, 5.74) is 0.115. The van der Waals surface area contributed by atoms with Crippen LogP contribution in [0.3, 0.4) is 0 Å². The van der Waals surface area contributed by atoms with Crippen LogP contribution in [0.15, 0.2) is 76.8 Å². The van der Waals surface area contributed by atoms with E-state index >= 15 is 0 Å². The maximum atomic E-state index is 12.7. The fraction of sp³-hybridized carbons (Fsp3) is 0.0476. The number of carbonyl (C=O) groups is 3. The Morgan fingerprint density at radius 1 is 0.903 bits per heavy atom. The molecule has 0 unspecified atom stereocenters. The summed E-state index contributed by atoms with van der Waals surface area (Å²) in [6.07, 6.45) is 0.997. The number of sulfone groups is 1. The van der Waals surface area contributed by atoms with Crippen LogP contribution in [0.1, 0.15) is 31.1 Å². The first-order valence-corrected chi connectivity index (χ1v) is 10.4. The van der Waals surface area contributed by atoms with Crippen LogP contribution in [0.5, 0.6) is 5.75 Å². The van der Waals surface area contributed by atoms with E-state index in [1.54, 1.807) is 12.1 Å². The minimum atomic E-state index is -3.92. The molecular weight excluding hydrogens is 424 g/mol. The summed E-state index contributed by atoms with van der Waals surface area (Å²) < 4.78 is 30.4. The van der Waals surface area contributed by atoms with Gasteiger partial charge in [-0.2, -0.15) is 0 Å². The number of hydrogen-bond donors (Lipinski definition) is 0. The van der Waals surface area contributed by atoms with Crippen LogP contribution in [-0.2, 0) is 14.7 Å². The molecule has 156 valence electrons. The summed E-state index contributed by atoms with van der Waals surface area (Å²) in [6, 6.07) is 14.1. The van der Waals surface area contributed by atoms with Gasteiger partial charge in [-0.1, -0.05) is 17.2 Å². The van der Waals surface area contributed by atoms with Gasteiger partial charge in [0.1, 0.15) is 5.75 Å². The first kappa shape index (κ1) is 20.2. The van der Waals surface area contributed by atoms with Crippen LogP contribution < -0.4 is 4.74 Å². The van der Waals surface area contributed by atoms with Crippen molar-refractivity contribution in [3.05, 3.63) is 83.6 Å². The third-order valence-corrected chi connectivity index (χ3v) is 6.23. The van der Waals surface area contributed by atoms with E-state index in [1.165, 1.54) is 49.6 Å². The summed E-state index contributed by atoms with van der Waals surface area (Å²) >= 11 is 0. The number of pyridine rings is 1. The van der Waals surface area contributed by atoms with Crippen LogP contribution in [0.2, 0.25) is 0 Å². The number of nitrogens with zero attached hydrogens (tertiary/aromatic N) is 2. The Morgan fingerprint density at radius 3 is 2.03 bits per heavy atom. The predicted molar refractivity (Wildman–Crippen MR) is 105 cm³/mol. The summed E-state index contributed by atoms with van der Waals surface area (Å²) in [5, 5.41) is 0.0876. The summed E-state index contributed by atoms with van der Waals surface area (Å²) in [4.78, 5) is 45.7. The number of carbonyl (C=O) groups excluding carboxylic acids is 3. The lowest BCUT2D eigenvalue weighted by Crippen LogP contribution is -2.32. The molecule has 1 aliphatic rings. The molecule has 0 fully saturated rings. The fourth-order valence-electron chi connectivity index (χ4n) is 2.92. The molecule has 2 amide bonds. The Balaban J connectivity index is 1.52. The Kier molecular flexibility index (Phi) is 4.99. The van der Waals surface area contributed by atoms with Crippen molar-refractivity contribution < 1.29 is 32.4 Å². The van der Waals surface area contributed by atoms with Gasteiger partial charge in [-0.25, -0.2) is 18.2 Å². The summed E-state index contributed by atoms with van der Waals surface area (Å²) in [7, 11) is -2.46. The number of fused-ring (bicyclic) bond motifs is 1. The Bertz CT molecular complexity index is 1270. The van der Waals surface area contributed by atoms with Crippen molar-refractivity contribution in [1.29, 1.82) is 0 Å². The molecule has 0 saturated heterocycles. The molecule has 2 aromatic carbocycles. The zero-order chi connectivity index (χ0) is 22.2. The molecule has 31 heavy (non-hydrogen) atoms. The molecule has 1 aromatic heterocycles. The number of aromatic nitrogens is 1. The number of hydroxylamine groups is 2. The molecule has 4 rings (SSSR count). The molecule has 0 aliphatic carbocycles. The van der Waals surface area contributed by atoms with Gasteiger partial charge in [-0.3, -0.25) is 9.59 Å². The van der Waals surface area contributed by atoms with Crippen LogP contribution in [0, 0.1) is 0 Å². The van der Waals surface area contributed by atoms with Crippen LogP contribution in [0.25, 0.3) is 0 Å². The van der Waals surface area contributed by atoms with Gasteiger partial charge >= 0.3 is 5.97 Å². The molecule has 0 radical (unpaired) electrons. The van der Waals surface area contributed by atoms with Gasteiger partial charge in [0.25, 0.3) is 11.8 Å². The monoisotopic (exact) mass is 438 g/mol. The average Bonchev–Trinajstić information content (AvgIpc) is 3.04. The predicted octanol–water partition coefficient (Wildman–Crippen LogP) is 2.29. The molecule has 0 saturated carbocycles. The van der Waals surface area contributed by atoms with Crippen molar-refractivity contribution in [2.75, 3.05) is 7.11 Å². The fourth-order valence-corrected chi connectivity index (χ4v) is 4.10. The second-order valence-electron chi connectivity index (χ2n) is 6.39.